The molecule has 0 N–H and O–H groups in total. The van der Waals surface area contributed by atoms with Crippen LogP contribution in [0.15, 0.2) is 18.5 Å². The summed E-state index contributed by atoms with van der Waals surface area (Å²) in [7, 11) is 2.09. The number of nitrogens with zero attached hydrogens (tertiary/aromatic N) is 5. The van der Waals surface area contributed by atoms with Gasteiger partial charge in [0.25, 0.3) is 0 Å². The molecule has 1 atom stereocenters. The van der Waals surface area contributed by atoms with Crippen LogP contribution >= 0.6 is 0 Å². The minimum atomic E-state index is -0.0369. The highest BCUT2D eigenvalue weighted by atomic mass is 16.2. The molecule has 24 heavy (non-hydrogen) atoms. The molecule has 1 aromatic rings. The second kappa shape index (κ2) is 7.92. The number of hydrogen-bond donors (Lipinski definition) is 0. The van der Waals surface area contributed by atoms with Gasteiger partial charge in [0, 0.05) is 45.1 Å². The molecule has 2 aliphatic rings. The first-order valence-corrected chi connectivity index (χ1v) is 9.16. The van der Waals surface area contributed by atoms with Gasteiger partial charge in [0.15, 0.2) is 0 Å². The summed E-state index contributed by atoms with van der Waals surface area (Å²) in [6.45, 7) is 6.19. The lowest BCUT2D eigenvalue weighted by Gasteiger charge is -2.37. The normalized spacial score (nSPS) is 20.6. The van der Waals surface area contributed by atoms with Crippen molar-refractivity contribution in [3.8, 4) is 0 Å². The third-order valence-corrected chi connectivity index (χ3v) is 5.47. The summed E-state index contributed by atoms with van der Waals surface area (Å²) in [6, 6.07) is 1.79. The van der Waals surface area contributed by atoms with Crippen molar-refractivity contribution in [1.29, 1.82) is 0 Å². The predicted octanol–water partition coefficient (Wildman–Crippen LogP) is 1.64. The number of likely N-dealkylation sites (N-methyl/N-ethyl adjacent to an activating group) is 1. The number of piperazine rings is 1. The van der Waals surface area contributed by atoms with Crippen LogP contribution in [-0.4, -0.2) is 71.5 Å². The summed E-state index contributed by atoms with van der Waals surface area (Å²) >= 11 is 0. The van der Waals surface area contributed by atoms with E-state index in [1.54, 1.807) is 12.4 Å². The number of rotatable bonds is 5. The molecule has 0 spiro atoms. The molecule has 3 rings (SSSR count). The Morgan fingerprint density at radius 2 is 1.83 bits per heavy atom. The van der Waals surface area contributed by atoms with Crippen LogP contribution in [0.5, 0.6) is 0 Å². The zero-order valence-corrected chi connectivity index (χ0v) is 14.9. The van der Waals surface area contributed by atoms with E-state index in [0.29, 0.717) is 0 Å². The van der Waals surface area contributed by atoms with Crippen molar-refractivity contribution in [2.75, 3.05) is 44.7 Å². The molecular weight excluding hydrogens is 302 g/mol. The Labute approximate surface area is 144 Å². The maximum atomic E-state index is 12.8. The molecule has 1 aliphatic carbocycles. The van der Waals surface area contributed by atoms with E-state index in [9.17, 15) is 4.79 Å². The van der Waals surface area contributed by atoms with Crippen molar-refractivity contribution in [1.82, 2.24) is 19.8 Å². The van der Waals surface area contributed by atoms with E-state index in [0.717, 1.165) is 44.6 Å². The highest BCUT2D eigenvalue weighted by Crippen LogP contribution is 2.25. The summed E-state index contributed by atoms with van der Waals surface area (Å²) in [4.78, 5) is 27.8. The van der Waals surface area contributed by atoms with Gasteiger partial charge in [-0.2, -0.15) is 0 Å². The zero-order chi connectivity index (χ0) is 16.9. The van der Waals surface area contributed by atoms with Crippen LogP contribution < -0.4 is 4.90 Å². The number of amides is 1. The fraction of sp³-hybridized carbons (Fsp3) is 0.722. The van der Waals surface area contributed by atoms with Crippen LogP contribution in [0.1, 0.15) is 32.6 Å². The quantitative estimate of drug-likeness (QED) is 0.821. The summed E-state index contributed by atoms with van der Waals surface area (Å²) in [5, 5.41) is 0. The molecule has 1 unspecified atom stereocenters. The van der Waals surface area contributed by atoms with Crippen molar-refractivity contribution < 1.29 is 4.79 Å². The molecule has 6 nitrogen and oxygen atoms in total. The Bertz CT molecular complexity index is 523. The number of carbonyl (C=O) groups is 1. The van der Waals surface area contributed by atoms with E-state index in [4.69, 9.17) is 0 Å². The van der Waals surface area contributed by atoms with Crippen LogP contribution in [0.3, 0.4) is 0 Å². The van der Waals surface area contributed by atoms with E-state index < -0.39 is 0 Å². The second-order valence-corrected chi connectivity index (χ2v) is 7.13. The number of aromatic nitrogens is 2. The Morgan fingerprint density at radius 1 is 1.21 bits per heavy atom. The molecule has 2 fully saturated rings. The standard InChI is InChI=1S/C18H29N5O/c1-15(21(2)14-16-6-3-4-7-16)17(24)22-10-12-23(13-11-22)18-19-8-5-9-20-18/h5,8-9,15-16H,3-4,6-7,10-14H2,1-2H3. The van der Waals surface area contributed by atoms with Gasteiger partial charge in [-0.25, -0.2) is 9.97 Å². The van der Waals surface area contributed by atoms with E-state index in [-0.39, 0.29) is 11.9 Å². The average Bonchev–Trinajstić information content (AvgIpc) is 3.14. The fourth-order valence-corrected chi connectivity index (χ4v) is 3.79. The van der Waals surface area contributed by atoms with E-state index in [1.165, 1.54) is 25.7 Å². The van der Waals surface area contributed by atoms with Crippen molar-refractivity contribution >= 4 is 11.9 Å². The first-order chi connectivity index (χ1) is 11.6. The lowest BCUT2D eigenvalue weighted by atomic mass is 10.1. The van der Waals surface area contributed by atoms with Crippen LogP contribution in [0, 0.1) is 5.92 Å². The van der Waals surface area contributed by atoms with E-state index >= 15 is 0 Å². The number of anilines is 1. The third kappa shape index (κ3) is 4.04. The minimum Gasteiger partial charge on any atom is -0.338 e. The molecule has 1 aliphatic heterocycles. The Hall–Kier alpha value is -1.69. The first kappa shape index (κ1) is 17.1. The van der Waals surface area contributed by atoms with Gasteiger partial charge in [-0.15, -0.1) is 0 Å². The van der Waals surface area contributed by atoms with Gasteiger partial charge in [-0.05, 0) is 38.8 Å². The molecule has 0 aromatic carbocycles. The van der Waals surface area contributed by atoms with Crippen molar-refractivity contribution in [2.24, 2.45) is 5.92 Å². The molecule has 1 saturated heterocycles. The van der Waals surface area contributed by atoms with Gasteiger partial charge in [0.1, 0.15) is 0 Å². The Balaban J connectivity index is 1.49. The van der Waals surface area contributed by atoms with Crippen molar-refractivity contribution in [2.45, 2.75) is 38.6 Å². The molecule has 1 amide bonds. The zero-order valence-electron chi connectivity index (χ0n) is 14.9. The summed E-state index contributed by atoms with van der Waals surface area (Å²) < 4.78 is 0. The Morgan fingerprint density at radius 3 is 2.46 bits per heavy atom. The first-order valence-electron chi connectivity index (χ1n) is 9.16. The third-order valence-electron chi connectivity index (χ3n) is 5.47. The van der Waals surface area contributed by atoms with Gasteiger partial charge in [-0.1, -0.05) is 12.8 Å². The summed E-state index contributed by atoms with van der Waals surface area (Å²) in [5.74, 6) is 1.79. The highest BCUT2D eigenvalue weighted by molar-refractivity contribution is 5.81. The van der Waals surface area contributed by atoms with Gasteiger partial charge < -0.3 is 9.80 Å². The molecule has 6 heteroatoms. The molecule has 0 radical (unpaired) electrons. The maximum Gasteiger partial charge on any atom is 0.239 e. The van der Waals surface area contributed by atoms with Crippen molar-refractivity contribution in [3.05, 3.63) is 18.5 Å². The predicted molar refractivity (Wildman–Crippen MR) is 94.9 cm³/mol. The van der Waals surface area contributed by atoms with E-state index in [1.807, 2.05) is 17.9 Å². The molecule has 1 saturated carbocycles. The lowest BCUT2D eigenvalue weighted by Crippen LogP contribution is -2.54. The molecular formula is C18H29N5O. The molecule has 2 heterocycles. The number of hydrogen-bond acceptors (Lipinski definition) is 5. The van der Waals surface area contributed by atoms with Crippen LogP contribution in [0.4, 0.5) is 5.95 Å². The topological polar surface area (TPSA) is 52.6 Å². The average molecular weight is 331 g/mol. The second-order valence-electron chi connectivity index (χ2n) is 7.13. The van der Waals surface area contributed by atoms with Gasteiger partial charge in [-0.3, -0.25) is 9.69 Å². The number of carbonyl (C=O) groups excluding carboxylic acids is 1. The maximum absolute atomic E-state index is 12.8. The van der Waals surface area contributed by atoms with Crippen LogP contribution in [-0.2, 0) is 4.79 Å². The Kier molecular flexibility index (Phi) is 5.66. The smallest absolute Gasteiger partial charge is 0.239 e. The van der Waals surface area contributed by atoms with Gasteiger partial charge in [0.2, 0.25) is 11.9 Å². The van der Waals surface area contributed by atoms with Gasteiger partial charge in [0.05, 0.1) is 6.04 Å². The van der Waals surface area contributed by atoms with E-state index in [2.05, 4.69) is 26.8 Å². The molecule has 1 aromatic heterocycles. The SMILES string of the molecule is CC(C(=O)N1CCN(c2ncccn2)CC1)N(C)CC1CCCC1. The lowest BCUT2D eigenvalue weighted by molar-refractivity contribution is -0.136. The molecule has 132 valence electrons. The minimum absolute atomic E-state index is 0.0369. The highest BCUT2D eigenvalue weighted by Gasteiger charge is 2.29. The summed E-state index contributed by atoms with van der Waals surface area (Å²) in [6.07, 6.45) is 8.87. The fourth-order valence-electron chi connectivity index (χ4n) is 3.79. The van der Waals surface area contributed by atoms with Gasteiger partial charge >= 0.3 is 0 Å². The summed E-state index contributed by atoms with van der Waals surface area (Å²) in [5.41, 5.74) is 0. The largest absolute Gasteiger partial charge is 0.338 e. The molecule has 0 bridgehead atoms. The van der Waals surface area contributed by atoms with Crippen molar-refractivity contribution in [3.63, 3.8) is 0 Å². The van der Waals surface area contributed by atoms with Crippen LogP contribution in [0.2, 0.25) is 0 Å². The monoisotopic (exact) mass is 331 g/mol. The van der Waals surface area contributed by atoms with Crippen LogP contribution in [0.25, 0.3) is 0 Å².